The molecule has 1 rings (SSSR count). The second-order valence-corrected chi connectivity index (χ2v) is 5.24. The van der Waals surface area contributed by atoms with Crippen molar-refractivity contribution in [1.29, 1.82) is 0 Å². The van der Waals surface area contributed by atoms with Crippen molar-refractivity contribution < 1.29 is 19.0 Å². The van der Waals surface area contributed by atoms with E-state index in [1.165, 1.54) is 0 Å². The number of carbonyl (C=O) groups is 1. The van der Waals surface area contributed by atoms with E-state index < -0.39 is 0 Å². The number of rotatable bonds is 13. The van der Waals surface area contributed by atoms with Gasteiger partial charge in [0.05, 0.1) is 19.8 Å². The smallest absolute Gasteiger partial charge is 0.305 e. The average molecular weight is 323 g/mol. The Morgan fingerprint density at radius 1 is 1.13 bits per heavy atom. The van der Waals surface area contributed by atoms with E-state index in [0.717, 1.165) is 43.7 Å². The minimum Gasteiger partial charge on any atom is -0.493 e. The molecule has 0 radical (unpaired) electrons. The third kappa shape index (κ3) is 9.21. The van der Waals surface area contributed by atoms with Gasteiger partial charge in [0.15, 0.2) is 0 Å². The van der Waals surface area contributed by atoms with Crippen LogP contribution in [0.1, 0.15) is 38.2 Å². The number of benzene rings is 1. The number of hydrogen-bond acceptors (Lipinski definition) is 5. The summed E-state index contributed by atoms with van der Waals surface area (Å²) in [6.45, 7) is 5.23. The number of ether oxygens (including phenoxy) is 3. The molecule has 5 heteroatoms. The molecule has 0 atom stereocenters. The Labute approximate surface area is 139 Å². The Bertz CT molecular complexity index is 437. The Balaban J connectivity index is 2.20. The Morgan fingerprint density at radius 2 is 1.96 bits per heavy atom. The SMILES string of the molecule is CCOC(=O)CCCCCOc1ccccc1CNCCOC. The first kappa shape index (κ1) is 19.5. The van der Waals surface area contributed by atoms with Crippen LogP contribution in [0, 0.1) is 0 Å². The largest absolute Gasteiger partial charge is 0.493 e. The quantitative estimate of drug-likeness (QED) is 0.447. The van der Waals surface area contributed by atoms with Crippen molar-refractivity contribution in [2.75, 3.05) is 33.5 Å². The van der Waals surface area contributed by atoms with E-state index in [2.05, 4.69) is 11.4 Å². The van der Waals surface area contributed by atoms with Crippen molar-refractivity contribution in [1.82, 2.24) is 5.32 Å². The highest BCUT2D eigenvalue weighted by molar-refractivity contribution is 5.69. The summed E-state index contributed by atoms with van der Waals surface area (Å²) < 4.78 is 15.8. The van der Waals surface area contributed by atoms with Gasteiger partial charge in [0.1, 0.15) is 5.75 Å². The molecule has 0 aliphatic rings. The predicted molar refractivity (Wildman–Crippen MR) is 90.6 cm³/mol. The highest BCUT2D eigenvalue weighted by Crippen LogP contribution is 2.18. The number of nitrogens with one attached hydrogen (secondary N) is 1. The fourth-order valence-corrected chi connectivity index (χ4v) is 2.15. The van der Waals surface area contributed by atoms with Crippen LogP contribution < -0.4 is 10.1 Å². The maximum Gasteiger partial charge on any atom is 0.305 e. The van der Waals surface area contributed by atoms with Crippen LogP contribution in [-0.4, -0.2) is 39.4 Å². The molecule has 0 aliphatic heterocycles. The summed E-state index contributed by atoms with van der Waals surface area (Å²) in [5.74, 6) is 0.809. The summed E-state index contributed by atoms with van der Waals surface area (Å²) in [7, 11) is 1.70. The number of esters is 1. The number of methoxy groups -OCH3 is 1. The number of unbranched alkanes of at least 4 members (excludes halogenated alkanes) is 2. The van der Waals surface area contributed by atoms with Gasteiger partial charge in [0.2, 0.25) is 0 Å². The Morgan fingerprint density at radius 3 is 2.74 bits per heavy atom. The molecular weight excluding hydrogens is 294 g/mol. The highest BCUT2D eigenvalue weighted by Gasteiger charge is 2.04. The van der Waals surface area contributed by atoms with E-state index in [9.17, 15) is 4.79 Å². The average Bonchev–Trinajstić information content (AvgIpc) is 2.56. The zero-order valence-electron chi connectivity index (χ0n) is 14.3. The first-order chi connectivity index (χ1) is 11.3. The molecule has 1 N–H and O–H groups in total. The molecule has 0 aliphatic carbocycles. The van der Waals surface area contributed by atoms with Crippen molar-refractivity contribution in [3.05, 3.63) is 29.8 Å². The summed E-state index contributed by atoms with van der Waals surface area (Å²) >= 11 is 0. The van der Waals surface area contributed by atoms with Gasteiger partial charge in [0.25, 0.3) is 0 Å². The van der Waals surface area contributed by atoms with Gasteiger partial charge in [-0.1, -0.05) is 18.2 Å². The number of hydrogen-bond donors (Lipinski definition) is 1. The minimum absolute atomic E-state index is 0.110. The van der Waals surface area contributed by atoms with Gasteiger partial charge in [0, 0.05) is 32.2 Å². The molecule has 0 amide bonds. The molecule has 0 saturated carbocycles. The lowest BCUT2D eigenvalue weighted by atomic mass is 10.2. The van der Waals surface area contributed by atoms with Crippen molar-refractivity contribution in [2.45, 2.75) is 39.2 Å². The second kappa shape index (κ2) is 12.9. The molecule has 0 saturated heterocycles. The summed E-state index contributed by atoms with van der Waals surface area (Å²) in [5, 5.41) is 3.32. The molecule has 0 fully saturated rings. The highest BCUT2D eigenvalue weighted by atomic mass is 16.5. The molecular formula is C18H29NO4. The van der Waals surface area contributed by atoms with Gasteiger partial charge in [-0.05, 0) is 32.3 Å². The maximum atomic E-state index is 11.2. The topological polar surface area (TPSA) is 56.8 Å². The van der Waals surface area contributed by atoms with Gasteiger partial charge in [-0.15, -0.1) is 0 Å². The van der Waals surface area contributed by atoms with Crippen LogP contribution in [-0.2, 0) is 20.8 Å². The molecule has 0 bridgehead atoms. The predicted octanol–water partition coefficient (Wildman–Crippen LogP) is 2.92. The van der Waals surface area contributed by atoms with Gasteiger partial charge in [-0.2, -0.15) is 0 Å². The van der Waals surface area contributed by atoms with E-state index in [1.807, 2.05) is 25.1 Å². The van der Waals surface area contributed by atoms with Crippen molar-refractivity contribution in [3.8, 4) is 5.75 Å². The van der Waals surface area contributed by atoms with Gasteiger partial charge in [-0.3, -0.25) is 4.79 Å². The Hall–Kier alpha value is -1.59. The van der Waals surface area contributed by atoms with Crippen LogP contribution in [0.2, 0.25) is 0 Å². The lowest BCUT2D eigenvalue weighted by Gasteiger charge is -2.12. The van der Waals surface area contributed by atoms with Gasteiger partial charge < -0.3 is 19.5 Å². The first-order valence-electron chi connectivity index (χ1n) is 8.34. The van der Waals surface area contributed by atoms with E-state index >= 15 is 0 Å². The first-order valence-corrected chi connectivity index (χ1v) is 8.34. The zero-order chi connectivity index (χ0) is 16.8. The molecule has 0 unspecified atom stereocenters. The van der Waals surface area contributed by atoms with Crippen LogP contribution in [0.4, 0.5) is 0 Å². The Kier molecular flexibility index (Phi) is 10.9. The van der Waals surface area contributed by atoms with E-state index in [-0.39, 0.29) is 5.97 Å². The summed E-state index contributed by atoms with van der Waals surface area (Å²) in [4.78, 5) is 11.2. The lowest BCUT2D eigenvalue weighted by Crippen LogP contribution is -2.19. The zero-order valence-corrected chi connectivity index (χ0v) is 14.3. The maximum absolute atomic E-state index is 11.2. The normalized spacial score (nSPS) is 10.5. The third-order valence-corrected chi connectivity index (χ3v) is 3.36. The molecule has 1 aromatic rings. The molecule has 23 heavy (non-hydrogen) atoms. The fraction of sp³-hybridized carbons (Fsp3) is 0.611. The van der Waals surface area contributed by atoms with Crippen molar-refractivity contribution >= 4 is 5.97 Å². The monoisotopic (exact) mass is 323 g/mol. The fourth-order valence-electron chi connectivity index (χ4n) is 2.15. The number of para-hydroxylation sites is 1. The van der Waals surface area contributed by atoms with Crippen LogP contribution in [0.25, 0.3) is 0 Å². The molecule has 5 nitrogen and oxygen atoms in total. The van der Waals surface area contributed by atoms with Crippen LogP contribution in [0.15, 0.2) is 24.3 Å². The number of carbonyl (C=O) groups excluding carboxylic acids is 1. The summed E-state index contributed by atoms with van der Waals surface area (Å²) in [6.07, 6.45) is 3.24. The van der Waals surface area contributed by atoms with Gasteiger partial charge >= 0.3 is 5.97 Å². The van der Waals surface area contributed by atoms with Crippen LogP contribution in [0.5, 0.6) is 5.75 Å². The summed E-state index contributed by atoms with van der Waals surface area (Å²) in [6, 6.07) is 8.05. The lowest BCUT2D eigenvalue weighted by molar-refractivity contribution is -0.143. The van der Waals surface area contributed by atoms with Gasteiger partial charge in [-0.25, -0.2) is 0 Å². The minimum atomic E-state index is -0.110. The van der Waals surface area contributed by atoms with E-state index in [0.29, 0.717) is 26.2 Å². The molecule has 1 aromatic carbocycles. The second-order valence-electron chi connectivity index (χ2n) is 5.24. The summed E-state index contributed by atoms with van der Waals surface area (Å²) in [5.41, 5.74) is 1.15. The molecule has 130 valence electrons. The third-order valence-electron chi connectivity index (χ3n) is 3.36. The van der Waals surface area contributed by atoms with Crippen molar-refractivity contribution in [3.63, 3.8) is 0 Å². The van der Waals surface area contributed by atoms with E-state index in [4.69, 9.17) is 14.2 Å². The molecule has 0 heterocycles. The van der Waals surface area contributed by atoms with Crippen LogP contribution in [0.3, 0.4) is 0 Å². The molecule has 0 aromatic heterocycles. The standard InChI is InChI=1S/C18H29NO4/c1-3-22-18(20)11-5-4-8-13-23-17-10-7-6-9-16(17)15-19-12-14-21-2/h6-7,9-10,19H,3-5,8,11-15H2,1-2H3. The van der Waals surface area contributed by atoms with Crippen LogP contribution >= 0.6 is 0 Å². The van der Waals surface area contributed by atoms with E-state index in [1.54, 1.807) is 7.11 Å². The van der Waals surface area contributed by atoms with Crippen molar-refractivity contribution in [2.24, 2.45) is 0 Å². The molecule has 0 spiro atoms.